The molecule has 14 heteroatoms. The molecule has 0 fully saturated rings. The van der Waals surface area contributed by atoms with Gasteiger partial charge in [-0.05, 0) is 119 Å². The molecule has 0 radical (unpaired) electrons. The minimum atomic E-state index is -5.70. The highest BCUT2D eigenvalue weighted by molar-refractivity contribution is 7.16. The molecule has 0 aliphatic heterocycles. The molecule has 6 nitrogen and oxygen atoms in total. The number of hydrogen-bond donors (Lipinski definition) is 0. The van der Waals surface area contributed by atoms with E-state index >= 15 is 26.3 Å². The molecule has 0 unspecified atom stereocenters. The van der Waals surface area contributed by atoms with E-state index in [1.54, 1.807) is 48.5 Å². The molecule has 1 aliphatic carbocycles. The number of hydrogen-bond acceptors (Lipinski definition) is 8. The monoisotopic (exact) mass is 920 g/mol. The van der Waals surface area contributed by atoms with E-state index in [1.165, 1.54) is 26.0 Å². The van der Waals surface area contributed by atoms with E-state index in [0.29, 0.717) is 43.8 Å². The Morgan fingerprint density at radius 2 is 0.677 bits per heavy atom. The summed E-state index contributed by atoms with van der Waals surface area (Å²) >= 11 is 2.08. The summed E-state index contributed by atoms with van der Waals surface area (Å²) in [5.41, 5.74) is 2.51. The van der Waals surface area contributed by atoms with E-state index < -0.39 is 28.9 Å². The SMILES string of the molecule is Cc1sc(-c2ccc(-c3nnc(-c4ccc(C(C)(C)C)cc4)o3)cc2)cc1C1=C(c2cc(-c3ccc(-c4nnc(-c5ccc(C(C)(C)C)cc5)o4)cc3)sc2C)C(F)(F)C(F)(F)C1(F)F. The van der Waals surface area contributed by atoms with Crippen LogP contribution in [0.25, 0.3) is 77.8 Å². The van der Waals surface area contributed by atoms with Crippen LogP contribution in [0, 0.1) is 13.8 Å². The highest BCUT2D eigenvalue weighted by Crippen LogP contribution is 2.66. The molecule has 0 saturated heterocycles. The lowest BCUT2D eigenvalue weighted by Crippen LogP contribution is -2.48. The molecule has 0 N–H and O–H groups in total. The molecule has 0 bridgehead atoms. The number of aryl methyl sites for hydroxylation is 2. The highest BCUT2D eigenvalue weighted by Gasteiger charge is 2.80. The Morgan fingerprint density at radius 1 is 0.415 bits per heavy atom. The second-order valence-electron chi connectivity index (χ2n) is 18.3. The number of rotatable bonds is 8. The van der Waals surface area contributed by atoms with Gasteiger partial charge >= 0.3 is 17.8 Å². The van der Waals surface area contributed by atoms with Gasteiger partial charge in [0.15, 0.2) is 0 Å². The zero-order valence-corrected chi connectivity index (χ0v) is 38.2. The first-order valence-corrected chi connectivity index (χ1v) is 22.4. The van der Waals surface area contributed by atoms with Crippen molar-refractivity contribution >= 4 is 33.8 Å². The Kier molecular flexibility index (Phi) is 10.5. The molecule has 0 spiro atoms. The molecule has 4 aromatic carbocycles. The zero-order valence-electron chi connectivity index (χ0n) is 36.6. The third-order valence-corrected chi connectivity index (χ3v) is 13.9. The van der Waals surface area contributed by atoms with Crippen LogP contribution in [0.4, 0.5) is 26.3 Å². The van der Waals surface area contributed by atoms with Crippen LogP contribution in [0.15, 0.2) is 118 Å². The fourth-order valence-electron chi connectivity index (χ4n) is 7.87. The van der Waals surface area contributed by atoms with Gasteiger partial charge in [0.2, 0.25) is 23.6 Å². The van der Waals surface area contributed by atoms with Crippen LogP contribution in [0.1, 0.15) is 73.6 Å². The van der Waals surface area contributed by atoms with Crippen LogP contribution in [0.5, 0.6) is 0 Å². The van der Waals surface area contributed by atoms with Gasteiger partial charge in [0.05, 0.1) is 0 Å². The van der Waals surface area contributed by atoms with E-state index in [4.69, 9.17) is 8.83 Å². The second-order valence-corrected chi connectivity index (χ2v) is 20.8. The third-order valence-electron chi connectivity index (χ3n) is 11.7. The Hall–Kier alpha value is -6.12. The summed E-state index contributed by atoms with van der Waals surface area (Å²) in [7, 11) is 0. The van der Waals surface area contributed by atoms with Gasteiger partial charge in [-0.3, -0.25) is 0 Å². The van der Waals surface area contributed by atoms with E-state index in [9.17, 15) is 0 Å². The van der Waals surface area contributed by atoms with Crippen molar-refractivity contribution in [3.05, 3.63) is 141 Å². The fourth-order valence-corrected chi connectivity index (χ4v) is 9.93. The zero-order chi connectivity index (χ0) is 46.4. The van der Waals surface area contributed by atoms with Gasteiger partial charge in [0.1, 0.15) is 0 Å². The first kappa shape index (κ1) is 44.1. The van der Waals surface area contributed by atoms with Crippen LogP contribution < -0.4 is 0 Å². The normalized spacial score (nSPS) is 15.8. The number of allylic oxidation sites excluding steroid dienone is 2. The molecule has 4 heterocycles. The molecule has 0 atom stereocenters. The molecular formula is C51H42F6N4O2S2. The average molecular weight is 921 g/mol. The molecule has 4 aromatic heterocycles. The number of aromatic nitrogens is 4. The molecule has 9 rings (SSSR count). The Balaban J connectivity index is 1.00. The Bertz CT molecular complexity index is 2880. The molecule has 332 valence electrons. The maximum Gasteiger partial charge on any atom is 0.380 e. The minimum absolute atomic E-state index is 0.0242. The molecule has 65 heavy (non-hydrogen) atoms. The van der Waals surface area contributed by atoms with E-state index in [1.807, 2.05) is 48.5 Å². The summed E-state index contributed by atoms with van der Waals surface area (Å²) in [5.74, 6) is -14.9. The van der Waals surface area contributed by atoms with Crippen LogP contribution in [0.3, 0.4) is 0 Å². The largest absolute Gasteiger partial charge is 0.416 e. The van der Waals surface area contributed by atoms with Gasteiger partial charge in [-0.1, -0.05) is 90.1 Å². The smallest absolute Gasteiger partial charge is 0.380 e. The summed E-state index contributed by atoms with van der Waals surface area (Å²) < 4.78 is 107. The fraction of sp³-hybridized carbons (Fsp3) is 0.255. The first-order valence-electron chi connectivity index (χ1n) is 20.8. The van der Waals surface area contributed by atoms with Crippen LogP contribution in [0.2, 0.25) is 0 Å². The van der Waals surface area contributed by atoms with Gasteiger partial charge in [0.25, 0.3) is 0 Å². The highest BCUT2D eigenvalue weighted by atomic mass is 32.1. The number of halogens is 6. The van der Waals surface area contributed by atoms with Crippen molar-refractivity contribution in [1.82, 2.24) is 20.4 Å². The van der Waals surface area contributed by atoms with Gasteiger partial charge in [0, 0.05) is 52.9 Å². The molecular weight excluding hydrogens is 879 g/mol. The molecule has 0 amide bonds. The summed E-state index contributed by atoms with van der Waals surface area (Å²) in [6, 6.07) is 31.9. The van der Waals surface area contributed by atoms with Crippen molar-refractivity contribution in [3.63, 3.8) is 0 Å². The predicted molar refractivity (Wildman–Crippen MR) is 245 cm³/mol. The summed E-state index contributed by atoms with van der Waals surface area (Å²) in [6.45, 7) is 15.6. The van der Waals surface area contributed by atoms with Crippen LogP contribution in [-0.4, -0.2) is 38.2 Å². The lowest BCUT2D eigenvalue weighted by atomic mass is 9.87. The maximum atomic E-state index is 16.1. The Labute approximate surface area is 379 Å². The lowest BCUT2D eigenvalue weighted by molar-refractivity contribution is -0.254. The van der Waals surface area contributed by atoms with Crippen molar-refractivity contribution in [2.75, 3.05) is 0 Å². The number of alkyl halides is 6. The van der Waals surface area contributed by atoms with E-state index in [2.05, 4.69) is 61.9 Å². The topological polar surface area (TPSA) is 77.8 Å². The first-order chi connectivity index (χ1) is 30.5. The van der Waals surface area contributed by atoms with Crippen molar-refractivity contribution in [3.8, 4) is 66.7 Å². The van der Waals surface area contributed by atoms with Crippen molar-refractivity contribution in [2.24, 2.45) is 0 Å². The maximum absolute atomic E-state index is 16.1. The third kappa shape index (κ3) is 7.63. The standard InChI is InChI=1S/C51H42F6N4O2S2/c1-27-37(25-39(64-27)29-9-13-31(14-10-29)43-58-60-45(62-43)33-17-21-35(22-18-33)47(3,4)5)41-42(50(54,55)51(56,57)49(41,52)53)38-26-40(65-28(38)2)30-11-15-32(16-12-30)44-59-61-46(63-44)34-19-23-36(24-20-34)48(6,7)8/h9-26H,1-8H3. The van der Waals surface area contributed by atoms with E-state index in [-0.39, 0.29) is 43.5 Å². The number of thiophene rings is 2. The minimum Gasteiger partial charge on any atom is -0.416 e. The molecule has 0 saturated carbocycles. The van der Waals surface area contributed by atoms with Gasteiger partial charge in [-0.15, -0.1) is 43.1 Å². The number of nitrogens with zero attached hydrogens (tertiary/aromatic N) is 4. The lowest BCUT2D eigenvalue weighted by Gasteiger charge is -2.25. The summed E-state index contributed by atoms with van der Waals surface area (Å²) in [4.78, 5) is 1.20. The predicted octanol–water partition coefficient (Wildman–Crippen LogP) is 15.6. The van der Waals surface area contributed by atoms with Gasteiger partial charge in [-0.2, -0.15) is 26.3 Å². The number of benzene rings is 4. The van der Waals surface area contributed by atoms with Crippen molar-refractivity contribution < 1.29 is 35.2 Å². The van der Waals surface area contributed by atoms with Gasteiger partial charge in [-0.25, -0.2) is 0 Å². The summed E-state index contributed by atoms with van der Waals surface area (Å²) in [5, 5.41) is 16.8. The van der Waals surface area contributed by atoms with Gasteiger partial charge < -0.3 is 8.83 Å². The van der Waals surface area contributed by atoms with Crippen LogP contribution >= 0.6 is 22.7 Å². The summed E-state index contributed by atoms with van der Waals surface area (Å²) in [6.07, 6.45) is 0. The molecule has 1 aliphatic rings. The quantitative estimate of drug-likeness (QED) is 0.141. The second kappa shape index (κ2) is 15.5. The van der Waals surface area contributed by atoms with E-state index in [0.717, 1.165) is 44.9 Å². The van der Waals surface area contributed by atoms with Crippen LogP contribution in [-0.2, 0) is 10.8 Å². The molecule has 8 aromatic rings. The average Bonchev–Trinajstić information content (AvgIpc) is 4.10. The van der Waals surface area contributed by atoms with Crippen molar-refractivity contribution in [2.45, 2.75) is 84.0 Å². The van der Waals surface area contributed by atoms with Crippen molar-refractivity contribution in [1.29, 1.82) is 0 Å². The Morgan fingerprint density at radius 3 is 0.954 bits per heavy atom.